The molecular formula is C38H28Cl2F4N2O4S2. The molecule has 0 aliphatic rings. The van der Waals surface area contributed by atoms with Crippen LogP contribution in [-0.2, 0) is 9.84 Å². The van der Waals surface area contributed by atoms with Crippen molar-refractivity contribution >= 4 is 78.2 Å². The zero-order valence-electron chi connectivity index (χ0n) is 28.4. The smallest absolute Gasteiger partial charge is 0.176 e. The Balaban J connectivity index is 0.000000202. The highest BCUT2D eigenvalue weighted by molar-refractivity contribution is 7.98. The highest BCUT2D eigenvalue weighted by Crippen LogP contribution is 2.39. The van der Waals surface area contributed by atoms with E-state index >= 15 is 0 Å². The van der Waals surface area contributed by atoms with Crippen LogP contribution in [0.25, 0.3) is 44.3 Å². The summed E-state index contributed by atoms with van der Waals surface area (Å²) in [5.41, 5.74) is 3.32. The second-order valence-electron chi connectivity index (χ2n) is 11.9. The number of fused-ring (bicyclic) bond motifs is 2. The predicted octanol–water partition coefficient (Wildman–Crippen LogP) is 10.8. The number of benzene rings is 4. The van der Waals surface area contributed by atoms with Gasteiger partial charge in [0.25, 0.3) is 0 Å². The van der Waals surface area contributed by atoms with Crippen LogP contribution in [0.4, 0.5) is 17.6 Å². The summed E-state index contributed by atoms with van der Waals surface area (Å²) in [5.74, 6) is -3.50. The minimum atomic E-state index is -3.67. The van der Waals surface area contributed by atoms with E-state index in [1.165, 1.54) is 43.8 Å². The van der Waals surface area contributed by atoms with Crippen LogP contribution in [-0.4, -0.2) is 42.5 Å². The highest BCUT2D eigenvalue weighted by atomic mass is 35.5. The number of thioether (sulfide) groups is 1. The number of pyridine rings is 2. The fourth-order valence-corrected chi connectivity index (χ4v) is 7.62. The van der Waals surface area contributed by atoms with E-state index in [1.54, 1.807) is 26.0 Å². The lowest BCUT2D eigenvalue weighted by molar-refractivity contribution is 0.100. The summed E-state index contributed by atoms with van der Waals surface area (Å²) < 4.78 is 79.9. The molecule has 0 fully saturated rings. The van der Waals surface area contributed by atoms with E-state index < -0.39 is 33.1 Å². The van der Waals surface area contributed by atoms with E-state index in [-0.39, 0.29) is 65.1 Å². The largest absolute Gasteiger partial charge is 0.295 e. The number of nitrogens with zero attached hydrogens (tertiary/aromatic N) is 2. The summed E-state index contributed by atoms with van der Waals surface area (Å²) in [6.45, 7) is 6.12. The first-order chi connectivity index (χ1) is 24.3. The van der Waals surface area contributed by atoms with Crippen LogP contribution in [0.2, 0.25) is 10.0 Å². The van der Waals surface area contributed by atoms with Gasteiger partial charge in [-0.2, -0.15) is 0 Å². The normalized spacial score (nSPS) is 11.5. The number of carbonyl (C=O) groups excluding carboxylic acids is 2. The summed E-state index contributed by atoms with van der Waals surface area (Å²) in [4.78, 5) is 33.0. The zero-order valence-corrected chi connectivity index (χ0v) is 31.5. The van der Waals surface area contributed by atoms with Crippen LogP contribution in [0.3, 0.4) is 0 Å². The molecule has 0 saturated heterocycles. The number of halogens is 6. The Labute approximate surface area is 311 Å². The lowest BCUT2D eigenvalue weighted by atomic mass is 10.0. The van der Waals surface area contributed by atoms with E-state index in [4.69, 9.17) is 23.2 Å². The van der Waals surface area contributed by atoms with E-state index in [2.05, 4.69) is 9.97 Å². The number of aromatic nitrogens is 2. The highest BCUT2D eigenvalue weighted by Gasteiger charge is 2.23. The molecular weight excluding hydrogens is 759 g/mol. The minimum Gasteiger partial charge on any atom is -0.295 e. The summed E-state index contributed by atoms with van der Waals surface area (Å²) in [5, 5.41) is 0.235. The molecule has 0 bridgehead atoms. The molecule has 268 valence electrons. The van der Waals surface area contributed by atoms with Crippen molar-refractivity contribution in [3.63, 3.8) is 0 Å². The number of rotatable bonds is 6. The molecule has 0 radical (unpaired) electrons. The third-order valence-electron chi connectivity index (χ3n) is 8.24. The van der Waals surface area contributed by atoms with Crippen LogP contribution in [0.5, 0.6) is 0 Å². The van der Waals surface area contributed by atoms with Gasteiger partial charge in [0.2, 0.25) is 0 Å². The SMILES string of the molecule is CC(=O)c1ccc(S(C)(=O)=O)c(-c2nc3cc(F)cc(F)c3c(Cl)c2C)c1.CSc1ccc(C(C)=O)cc1-c1nc2cc(F)cc(F)c2c(Cl)c1C. The van der Waals surface area contributed by atoms with E-state index in [0.29, 0.717) is 34.0 Å². The van der Waals surface area contributed by atoms with Gasteiger partial charge in [0.05, 0.1) is 48.1 Å². The zero-order chi connectivity index (χ0) is 38.4. The maximum absolute atomic E-state index is 14.2. The van der Waals surface area contributed by atoms with Gasteiger partial charge in [-0.25, -0.2) is 35.9 Å². The fourth-order valence-electron chi connectivity index (χ4n) is 5.62. The van der Waals surface area contributed by atoms with Gasteiger partial charge >= 0.3 is 0 Å². The molecule has 6 aromatic rings. The average Bonchev–Trinajstić information content (AvgIpc) is 3.06. The Morgan fingerprint density at radius 1 is 0.673 bits per heavy atom. The topological polar surface area (TPSA) is 94.1 Å². The number of hydrogen-bond donors (Lipinski definition) is 0. The van der Waals surface area contributed by atoms with Crippen molar-refractivity contribution < 1.29 is 35.6 Å². The van der Waals surface area contributed by atoms with Crippen molar-refractivity contribution in [1.82, 2.24) is 9.97 Å². The fraction of sp³-hybridized carbons (Fsp3) is 0.158. The minimum absolute atomic E-state index is 0.000166. The third-order valence-corrected chi connectivity index (χ3v) is 11.1. The first-order valence-electron chi connectivity index (χ1n) is 15.3. The van der Waals surface area contributed by atoms with Gasteiger partial charge in [-0.3, -0.25) is 9.59 Å². The molecule has 2 heterocycles. The number of hydrogen-bond acceptors (Lipinski definition) is 7. The Hall–Kier alpha value is -4.36. The number of Topliss-reactive ketones (excluding diaryl/α,β-unsaturated/α-hetero) is 2. The number of sulfone groups is 1. The predicted molar refractivity (Wildman–Crippen MR) is 199 cm³/mol. The molecule has 0 amide bonds. The second-order valence-corrected chi connectivity index (χ2v) is 15.5. The van der Waals surface area contributed by atoms with E-state index in [9.17, 15) is 35.6 Å². The molecule has 4 aromatic carbocycles. The molecule has 0 atom stereocenters. The van der Waals surface area contributed by atoms with Crippen LogP contribution >= 0.6 is 35.0 Å². The van der Waals surface area contributed by atoms with Crippen LogP contribution in [0.1, 0.15) is 45.7 Å². The third kappa shape index (κ3) is 7.57. The molecule has 0 aliphatic carbocycles. The van der Waals surface area contributed by atoms with E-state index in [0.717, 1.165) is 29.4 Å². The van der Waals surface area contributed by atoms with Crippen LogP contribution in [0.15, 0.2) is 70.5 Å². The van der Waals surface area contributed by atoms with E-state index in [1.807, 2.05) is 12.3 Å². The standard InChI is InChI=1S/C19H14ClF2NO3S.C19H14ClF2NOS/c1-9-18(20)17-14(22)7-12(21)8-15(17)23-19(9)13-6-11(10(2)24)4-5-16(13)27(3,25)26;1-9-18(20)17-14(22)7-12(21)8-15(17)23-19(9)13-6-11(10(2)24)4-5-16(13)25-3/h4-8H,1-3H3;4-8H,1-3H3. The molecule has 14 heteroatoms. The first kappa shape index (κ1) is 38.9. The van der Waals surface area contributed by atoms with Crippen molar-refractivity contribution in [2.24, 2.45) is 0 Å². The second kappa shape index (κ2) is 14.9. The van der Waals surface area contributed by atoms with Crippen molar-refractivity contribution in [2.75, 3.05) is 12.5 Å². The first-order valence-corrected chi connectivity index (χ1v) is 19.2. The van der Waals surface area contributed by atoms with Gasteiger partial charge in [-0.15, -0.1) is 11.8 Å². The van der Waals surface area contributed by atoms with Gasteiger partial charge in [0, 0.05) is 57.7 Å². The van der Waals surface area contributed by atoms with Crippen molar-refractivity contribution in [3.05, 3.63) is 116 Å². The molecule has 6 rings (SSSR count). The van der Waals surface area contributed by atoms with Gasteiger partial charge in [-0.05, 0) is 69.3 Å². The summed E-state index contributed by atoms with van der Waals surface area (Å²) in [6.07, 6.45) is 2.93. The quantitative estimate of drug-likeness (QED) is 0.0942. The van der Waals surface area contributed by atoms with Gasteiger partial charge in [0.1, 0.15) is 23.3 Å². The van der Waals surface area contributed by atoms with Gasteiger partial charge in [0.15, 0.2) is 21.4 Å². The number of carbonyl (C=O) groups is 2. The molecule has 2 aromatic heterocycles. The summed E-state index contributed by atoms with van der Waals surface area (Å²) in [6, 6.07) is 13.1. The van der Waals surface area contributed by atoms with Gasteiger partial charge in [-0.1, -0.05) is 35.3 Å². The Bertz CT molecular complexity index is 2600. The maximum atomic E-state index is 14.2. The Morgan fingerprint density at radius 3 is 1.52 bits per heavy atom. The average molecular weight is 788 g/mol. The monoisotopic (exact) mass is 786 g/mol. The van der Waals surface area contributed by atoms with Crippen molar-refractivity contribution in [2.45, 2.75) is 37.5 Å². The van der Waals surface area contributed by atoms with Gasteiger partial charge < -0.3 is 0 Å². The summed E-state index contributed by atoms with van der Waals surface area (Å²) >= 11 is 14.1. The van der Waals surface area contributed by atoms with Crippen LogP contribution < -0.4 is 0 Å². The maximum Gasteiger partial charge on any atom is 0.176 e. The Morgan fingerprint density at radius 2 is 1.10 bits per heavy atom. The molecule has 6 nitrogen and oxygen atoms in total. The number of ketones is 2. The van der Waals surface area contributed by atoms with Crippen molar-refractivity contribution in [1.29, 1.82) is 0 Å². The lowest BCUT2D eigenvalue weighted by Crippen LogP contribution is -2.05. The molecule has 0 saturated carbocycles. The molecule has 0 spiro atoms. The lowest BCUT2D eigenvalue weighted by Gasteiger charge is -2.14. The molecule has 0 N–H and O–H groups in total. The molecule has 0 unspecified atom stereocenters. The molecule has 52 heavy (non-hydrogen) atoms. The Kier molecular flexibility index (Phi) is 11.2. The van der Waals surface area contributed by atoms with Crippen LogP contribution in [0, 0.1) is 37.1 Å². The molecule has 0 aliphatic heterocycles. The summed E-state index contributed by atoms with van der Waals surface area (Å²) in [7, 11) is -3.67. The van der Waals surface area contributed by atoms with Crippen molar-refractivity contribution in [3.8, 4) is 22.5 Å².